The first-order chi connectivity index (χ1) is 26.0. The van der Waals surface area contributed by atoms with Crippen LogP contribution >= 0.6 is 15.9 Å². The van der Waals surface area contributed by atoms with E-state index in [9.17, 15) is 24.2 Å². The van der Waals surface area contributed by atoms with Gasteiger partial charge in [-0.3, -0.25) is 15.0 Å². The molecule has 0 aliphatic heterocycles. The van der Waals surface area contributed by atoms with E-state index in [1.165, 1.54) is 6.20 Å². The Kier molecular flexibility index (Phi) is 9.35. The van der Waals surface area contributed by atoms with E-state index in [-0.39, 0.29) is 5.56 Å². The fraction of sp³-hybridized carbons (Fsp3) is 0.233. The minimum absolute atomic E-state index is 0.240. The molecule has 2 saturated carbocycles. The molecular formula is C43H37BrFN5O4. The highest BCUT2D eigenvalue weighted by Gasteiger charge is 2.27. The van der Waals surface area contributed by atoms with Crippen molar-refractivity contribution in [2.45, 2.75) is 50.4 Å². The van der Waals surface area contributed by atoms with Crippen LogP contribution < -0.4 is 0 Å². The van der Waals surface area contributed by atoms with E-state index in [0.29, 0.717) is 47.2 Å². The Morgan fingerprint density at radius 2 is 1.24 bits per heavy atom. The highest BCUT2D eigenvalue weighted by Crippen LogP contribution is 2.41. The zero-order chi connectivity index (χ0) is 37.7. The van der Waals surface area contributed by atoms with Crippen molar-refractivity contribution in [3.63, 3.8) is 0 Å². The van der Waals surface area contributed by atoms with Crippen molar-refractivity contribution in [3.8, 4) is 11.1 Å². The lowest BCUT2D eigenvalue weighted by atomic mass is 9.96. The molecule has 2 aromatic carbocycles. The third-order valence-electron chi connectivity index (χ3n) is 10.4. The highest BCUT2D eigenvalue weighted by atomic mass is 79.9. The van der Waals surface area contributed by atoms with Gasteiger partial charge in [0.15, 0.2) is 0 Å². The van der Waals surface area contributed by atoms with Crippen LogP contribution in [0.3, 0.4) is 0 Å². The lowest BCUT2D eigenvalue weighted by Gasteiger charge is -2.12. The molecule has 0 atom stereocenters. The Bertz CT molecular complexity index is 2610. The third kappa shape index (κ3) is 7.15. The molecule has 5 aromatic heterocycles. The number of aryl methyl sites for hydroxylation is 2. The number of halogens is 2. The van der Waals surface area contributed by atoms with Gasteiger partial charge in [-0.15, -0.1) is 0 Å². The van der Waals surface area contributed by atoms with Gasteiger partial charge < -0.3 is 19.3 Å². The second kappa shape index (κ2) is 14.3. The Labute approximate surface area is 319 Å². The Hall–Kier alpha value is -5.68. The first kappa shape index (κ1) is 35.4. The minimum atomic E-state index is -0.971. The summed E-state index contributed by atoms with van der Waals surface area (Å²) in [5, 5.41) is 21.4. The van der Waals surface area contributed by atoms with E-state index in [0.717, 1.165) is 79.8 Å². The van der Waals surface area contributed by atoms with Crippen LogP contribution in [0.15, 0.2) is 96.3 Å². The van der Waals surface area contributed by atoms with Crippen LogP contribution in [0, 0.1) is 5.82 Å². The molecule has 54 heavy (non-hydrogen) atoms. The maximum atomic E-state index is 14.5. The van der Waals surface area contributed by atoms with E-state index >= 15 is 0 Å². The van der Waals surface area contributed by atoms with Crippen molar-refractivity contribution in [1.82, 2.24) is 24.1 Å². The van der Waals surface area contributed by atoms with E-state index in [4.69, 9.17) is 0 Å². The number of hydrogen-bond acceptors (Lipinski definition) is 5. The van der Waals surface area contributed by atoms with Crippen molar-refractivity contribution < 1.29 is 24.2 Å². The maximum Gasteiger partial charge on any atom is 0.337 e. The van der Waals surface area contributed by atoms with Gasteiger partial charge in [0.05, 0.1) is 39.7 Å². The SMILES string of the molecule is Cn1ccc2cc(Cc3ncc(C4CC4)cc3C(=O)O)cc(-c3ccncc3F)c21.Cn1ccc2cc(Cc3ncc(C4CC4)cc3C(=O)O)cc(Br)c21. The van der Waals surface area contributed by atoms with Gasteiger partial charge in [0.2, 0.25) is 0 Å². The average molecular weight is 787 g/mol. The summed E-state index contributed by atoms with van der Waals surface area (Å²) < 4.78 is 19.6. The molecule has 0 radical (unpaired) electrons. The molecule has 2 aliphatic carbocycles. The summed E-state index contributed by atoms with van der Waals surface area (Å²) in [4.78, 5) is 36.3. The molecule has 2 N–H and O–H groups in total. The third-order valence-corrected chi connectivity index (χ3v) is 11.0. The molecule has 11 heteroatoms. The molecule has 272 valence electrons. The summed E-state index contributed by atoms with van der Waals surface area (Å²) in [7, 11) is 3.93. The molecule has 0 saturated heterocycles. The molecule has 0 bridgehead atoms. The first-order valence-electron chi connectivity index (χ1n) is 17.9. The van der Waals surface area contributed by atoms with Crippen LogP contribution in [0.25, 0.3) is 32.9 Å². The summed E-state index contributed by atoms with van der Waals surface area (Å²) in [6.07, 6.45) is 15.7. The van der Waals surface area contributed by atoms with E-state index < -0.39 is 17.8 Å². The summed E-state index contributed by atoms with van der Waals surface area (Å²) in [6, 6.07) is 17.3. The summed E-state index contributed by atoms with van der Waals surface area (Å²) in [5.41, 5.74) is 8.95. The van der Waals surface area contributed by atoms with Crippen LogP contribution in [0.4, 0.5) is 4.39 Å². The Morgan fingerprint density at radius 1 is 0.722 bits per heavy atom. The number of carboxylic acid groups (broad SMARTS) is 2. The van der Waals surface area contributed by atoms with Gasteiger partial charge in [-0.05, 0) is 130 Å². The number of aromatic carboxylic acids is 2. The lowest BCUT2D eigenvalue weighted by molar-refractivity contribution is 0.0684. The summed E-state index contributed by atoms with van der Waals surface area (Å²) in [5.74, 6) is -1.33. The standard InChI is InChI=1S/C24H20FN3O2.C19H17BrN2O2/c1-28-7-5-16-8-14(9-19(23(16)28)18-4-6-26-13-21(18)25)10-22-20(24(29)30)11-17(12-27-22)15-2-3-15;1-22-5-4-13-6-11(7-16(20)18(13)22)8-17-15(19(23)24)9-14(10-21-17)12-2-3-12/h4-9,11-13,15H,2-3,10H2,1H3,(H,29,30);4-7,9-10,12H,2-3,8H2,1H3,(H,23,24). The lowest BCUT2D eigenvalue weighted by Crippen LogP contribution is -2.07. The van der Waals surface area contributed by atoms with Crippen LogP contribution in [0.2, 0.25) is 0 Å². The fourth-order valence-electron chi connectivity index (χ4n) is 7.29. The zero-order valence-electron chi connectivity index (χ0n) is 29.8. The van der Waals surface area contributed by atoms with Gasteiger partial charge in [-0.1, -0.05) is 0 Å². The zero-order valence-corrected chi connectivity index (χ0v) is 31.3. The second-order valence-corrected chi connectivity index (χ2v) is 15.2. The topological polar surface area (TPSA) is 123 Å². The number of rotatable bonds is 9. The molecule has 0 amide bonds. The predicted octanol–water partition coefficient (Wildman–Crippen LogP) is 9.44. The monoisotopic (exact) mass is 785 g/mol. The van der Waals surface area contributed by atoms with Crippen LogP contribution in [0.1, 0.15) is 91.9 Å². The number of fused-ring (bicyclic) bond motifs is 2. The summed E-state index contributed by atoms with van der Waals surface area (Å²) >= 11 is 3.62. The molecule has 0 spiro atoms. The van der Waals surface area contributed by atoms with Gasteiger partial charge >= 0.3 is 11.9 Å². The Balaban J connectivity index is 0.000000157. The second-order valence-electron chi connectivity index (χ2n) is 14.3. The average Bonchev–Trinajstić information content (AvgIpc) is 4.09. The van der Waals surface area contributed by atoms with Crippen molar-refractivity contribution in [2.24, 2.45) is 14.1 Å². The molecule has 2 aliphatic rings. The van der Waals surface area contributed by atoms with Crippen LogP contribution in [-0.4, -0.2) is 46.2 Å². The normalized spacial score (nSPS) is 13.9. The maximum absolute atomic E-state index is 14.5. The molecule has 9 nitrogen and oxygen atoms in total. The smallest absolute Gasteiger partial charge is 0.337 e. The molecule has 9 rings (SSSR count). The number of pyridine rings is 3. The van der Waals surface area contributed by atoms with Gasteiger partial charge in [0.1, 0.15) is 5.82 Å². The van der Waals surface area contributed by atoms with Crippen LogP contribution in [0.5, 0.6) is 0 Å². The van der Waals surface area contributed by atoms with Crippen LogP contribution in [-0.2, 0) is 26.9 Å². The number of carboxylic acids is 2. The first-order valence-corrected chi connectivity index (χ1v) is 18.7. The highest BCUT2D eigenvalue weighted by molar-refractivity contribution is 9.10. The van der Waals surface area contributed by atoms with Crippen molar-refractivity contribution >= 4 is 49.7 Å². The van der Waals surface area contributed by atoms with Crippen molar-refractivity contribution in [3.05, 3.63) is 147 Å². The van der Waals surface area contributed by atoms with Gasteiger partial charge in [0, 0.05) is 84.3 Å². The van der Waals surface area contributed by atoms with Gasteiger partial charge in [0.25, 0.3) is 0 Å². The quantitative estimate of drug-likeness (QED) is 0.150. The molecular weight excluding hydrogens is 749 g/mol. The molecule has 5 heterocycles. The van der Waals surface area contributed by atoms with E-state index in [2.05, 4.69) is 47.6 Å². The number of hydrogen-bond donors (Lipinski definition) is 2. The molecule has 0 unspecified atom stereocenters. The Morgan fingerprint density at radius 3 is 1.76 bits per heavy atom. The van der Waals surface area contributed by atoms with E-state index in [1.807, 2.05) is 61.5 Å². The van der Waals surface area contributed by atoms with Crippen molar-refractivity contribution in [1.29, 1.82) is 0 Å². The fourth-order valence-corrected chi connectivity index (χ4v) is 8.09. The largest absolute Gasteiger partial charge is 0.478 e. The molecule has 7 aromatic rings. The van der Waals surface area contributed by atoms with Gasteiger partial charge in [-0.2, -0.15) is 0 Å². The van der Waals surface area contributed by atoms with Gasteiger partial charge in [-0.25, -0.2) is 14.0 Å². The number of carbonyl (C=O) groups is 2. The molecule has 2 fully saturated rings. The van der Waals surface area contributed by atoms with Crippen molar-refractivity contribution in [2.75, 3.05) is 0 Å². The minimum Gasteiger partial charge on any atom is -0.478 e. The number of nitrogens with zero attached hydrogens (tertiary/aromatic N) is 5. The van der Waals surface area contributed by atoms with E-state index in [1.54, 1.807) is 30.6 Å². The number of benzene rings is 2. The predicted molar refractivity (Wildman–Crippen MR) is 209 cm³/mol. The number of aromatic nitrogens is 5. The summed E-state index contributed by atoms with van der Waals surface area (Å²) in [6.45, 7) is 0.